The van der Waals surface area contributed by atoms with Gasteiger partial charge in [0, 0.05) is 17.7 Å². The van der Waals surface area contributed by atoms with Crippen molar-refractivity contribution in [3.8, 4) is 11.3 Å². The fraction of sp³-hybridized carbons (Fsp3) is 0.375. The predicted molar refractivity (Wildman–Crippen MR) is 98.1 cm³/mol. The van der Waals surface area contributed by atoms with Crippen LogP contribution in [0.1, 0.15) is 31.4 Å². The van der Waals surface area contributed by atoms with Gasteiger partial charge < -0.3 is 15.6 Å². The number of hydrogen-bond acceptors (Lipinski definition) is 3. The van der Waals surface area contributed by atoms with Crippen LogP contribution in [0.5, 0.6) is 0 Å². The average molecular weight is 412 g/mol. The van der Waals surface area contributed by atoms with Gasteiger partial charge in [-0.2, -0.15) is 0 Å². The molecule has 0 aliphatic heterocycles. The highest BCUT2D eigenvalue weighted by molar-refractivity contribution is 14.0. The SMILES string of the molecule is I.NC(=NCc1cc(-c2ccccc2)on1)NC1CCCC1. The van der Waals surface area contributed by atoms with Crippen LogP contribution in [0.15, 0.2) is 45.9 Å². The fourth-order valence-corrected chi connectivity index (χ4v) is 2.62. The van der Waals surface area contributed by atoms with Gasteiger partial charge in [0.1, 0.15) is 5.69 Å². The van der Waals surface area contributed by atoms with Gasteiger partial charge >= 0.3 is 0 Å². The number of benzene rings is 1. The third-order valence-corrected chi connectivity index (χ3v) is 3.74. The number of halogens is 1. The Morgan fingerprint density at radius 3 is 2.73 bits per heavy atom. The molecule has 5 nitrogen and oxygen atoms in total. The van der Waals surface area contributed by atoms with Crippen molar-refractivity contribution in [1.82, 2.24) is 10.5 Å². The maximum absolute atomic E-state index is 5.90. The van der Waals surface area contributed by atoms with E-state index in [2.05, 4.69) is 15.5 Å². The number of nitrogens with one attached hydrogen (secondary N) is 1. The summed E-state index contributed by atoms with van der Waals surface area (Å²) in [7, 11) is 0. The minimum Gasteiger partial charge on any atom is -0.370 e. The molecule has 1 aromatic heterocycles. The number of hydrogen-bond donors (Lipinski definition) is 2. The van der Waals surface area contributed by atoms with Crippen molar-refractivity contribution in [1.29, 1.82) is 0 Å². The van der Waals surface area contributed by atoms with Crippen molar-refractivity contribution in [2.75, 3.05) is 0 Å². The molecule has 3 N–H and O–H groups in total. The molecule has 0 atom stereocenters. The lowest BCUT2D eigenvalue weighted by Crippen LogP contribution is -2.38. The van der Waals surface area contributed by atoms with E-state index in [1.165, 1.54) is 25.7 Å². The fourth-order valence-electron chi connectivity index (χ4n) is 2.62. The van der Waals surface area contributed by atoms with E-state index in [9.17, 15) is 0 Å². The Bertz CT molecular complexity index is 606. The molecule has 3 rings (SSSR count). The summed E-state index contributed by atoms with van der Waals surface area (Å²) in [5, 5.41) is 7.29. The average Bonchev–Trinajstić information content (AvgIpc) is 3.17. The van der Waals surface area contributed by atoms with Crippen molar-refractivity contribution in [3.05, 3.63) is 42.1 Å². The van der Waals surface area contributed by atoms with E-state index >= 15 is 0 Å². The van der Waals surface area contributed by atoms with Crippen molar-refractivity contribution in [2.24, 2.45) is 10.7 Å². The van der Waals surface area contributed by atoms with E-state index in [1.54, 1.807) is 0 Å². The molecule has 6 heteroatoms. The van der Waals surface area contributed by atoms with Gasteiger partial charge in [0.15, 0.2) is 11.7 Å². The summed E-state index contributed by atoms with van der Waals surface area (Å²) in [6.45, 7) is 0.432. The second kappa shape index (κ2) is 8.17. The Balaban J connectivity index is 0.00000176. The van der Waals surface area contributed by atoms with Gasteiger partial charge in [0.05, 0.1) is 6.54 Å². The molecule has 0 amide bonds. The maximum Gasteiger partial charge on any atom is 0.189 e. The Hall–Kier alpha value is -1.57. The first-order valence-electron chi connectivity index (χ1n) is 7.39. The zero-order chi connectivity index (χ0) is 14.5. The Labute approximate surface area is 147 Å². The summed E-state index contributed by atoms with van der Waals surface area (Å²) in [5.41, 5.74) is 7.69. The third kappa shape index (κ3) is 4.46. The molecule has 118 valence electrons. The second-order valence-electron chi connectivity index (χ2n) is 5.38. The molecule has 1 aliphatic rings. The van der Waals surface area contributed by atoms with E-state index in [-0.39, 0.29) is 24.0 Å². The zero-order valence-electron chi connectivity index (χ0n) is 12.4. The van der Waals surface area contributed by atoms with Crippen molar-refractivity contribution < 1.29 is 4.52 Å². The zero-order valence-corrected chi connectivity index (χ0v) is 14.7. The highest BCUT2D eigenvalue weighted by Gasteiger charge is 2.14. The second-order valence-corrected chi connectivity index (χ2v) is 5.38. The summed E-state index contributed by atoms with van der Waals surface area (Å²) < 4.78 is 5.34. The minimum atomic E-state index is 0. The van der Waals surface area contributed by atoms with E-state index in [0.29, 0.717) is 18.5 Å². The van der Waals surface area contributed by atoms with Gasteiger partial charge in [-0.3, -0.25) is 0 Å². The van der Waals surface area contributed by atoms with Gasteiger partial charge in [-0.25, -0.2) is 4.99 Å². The number of aromatic nitrogens is 1. The lowest BCUT2D eigenvalue weighted by atomic mass is 10.2. The summed E-state index contributed by atoms with van der Waals surface area (Å²) in [6.07, 6.45) is 4.90. The van der Waals surface area contributed by atoms with Crippen molar-refractivity contribution in [2.45, 2.75) is 38.3 Å². The van der Waals surface area contributed by atoms with Crippen LogP contribution >= 0.6 is 24.0 Å². The van der Waals surface area contributed by atoms with Crippen LogP contribution in [-0.2, 0) is 6.54 Å². The van der Waals surface area contributed by atoms with Crippen LogP contribution < -0.4 is 11.1 Å². The van der Waals surface area contributed by atoms with Crippen LogP contribution in [0.3, 0.4) is 0 Å². The lowest BCUT2D eigenvalue weighted by molar-refractivity contribution is 0.424. The maximum atomic E-state index is 5.90. The molecule has 0 saturated heterocycles. The molecule has 1 fully saturated rings. The van der Waals surface area contributed by atoms with Crippen LogP contribution in [0, 0.1) is 0 Å². The minimum absolute atomic E-state index is 0. The number of nitrogens with two attached hydrogens (primary N) is 1. The topological polar surface area (TPSA) is 76.4 Å². The first kappa shape index (κ1) is 16.8. The highest BCUT2D eigenvalue weighted by atomic mass is 127. The van der Waals surface area contributed by atoms with Crippen LogP contribution in [0.2, 0.25) is 0 Å². The van der Waals surface area contributed by atoms with E-state index in [1.807, 2.05) is 36.4 Å². The smallest absolute Gasteiger partial charge is 0.189 e. The summed E-state index contributed by atoms with van der Waals surface area (Å²) in [4.78, 5) is 4.33. The van der Waals surface area contributed by atoms with Crippen LogP contribution in [0.4, 0.5) is 0 Å². The van der Waals surface area contributed by atoms with E-state index in [4.69, 9.17) is 10.3 Å². The molecule has 0 unspecified atom stereocenters. The highest BCUT2D eigenvalue weighted by Crippen LogP contribution is 2.20. The van der Waals surface area contributed by atoms with Gasteiger partial charge in [-0.15, -0.1) is 24.0 Å². The molecule has 22 heavy (non-hydrogen) atoms. The lowest BCUT2D eigenvalue weighted by Gasteiger charge is -2.11. The Morgan fingerprint density at radius 2 is 2.00 bits per heavy atom. The number of guanidine groups is 1. The van der Waals surface area contributed by atoms with Gasteiger partial charge in [0.2, 0.25) is 0 Å². The summed E-state index contributed by atoms with van der Waals surface area (Å²) in [6, 6.07) is 12.3. The molecule has 0 radical (unpaired) electrons. The quantitative estimate of drug-likeness (QED) is 0.459. The van der Waals surface area contributed by atoms with Crippen LogP contribution in [-0.4, -0.2) is 17.2 Å². The molecule has 1 heterocycles. The molecular weight excluding hydrogens is 391 g/mol. The molecule has 0 bridgehead atoms. The molecule has 2 aromatic rings. The first-order chi connectivity index (χ1) is 10.3. The normalized spacial score (nSPS) is 15.5. The van der Waals surface area contributed by atoms with Crippen molar-refractivity contribution in [3.63, 3.8) is 0 Å². The Kier molecular flexibility index (Phi) is 6.23. The van der Waals surface area contributed by atoms with E-state index < -0.39 is 0 Å². The molecule has 0 spiro atoms. The summed E-state index contributed by atoms with van der Waals surface area (Å²) >= 11 is 0. The van der Waals surface area contributed by atoms with Crippen LogP contribution in [0.25, 0.3) is 11.3 Å². The monoisotopic (exact) mass is 412 g/mol. The van der Waals surface area contributed by atoms with Gasteiger partial charge in [-0.1, -0.05) is 48.3 Å². The molecule has 1 aromatic carbocycles. The van der Waals surface area contributed by atoms with Gasteiger partial charge in [0.25, 0.3) is 0 Å². The first-order valence-corrected chi connectivity index (χ1v) is 7.39. The predicted octanol–water partition coefficient (Wildman–Crippen LogP) is 3.31. The number of nitrogens with zero attached hydrogens (tertiary/aromatic N) is 2. The standard InChI is InChI=1S/C16H20N4O.HI/c17-16(19-13-8-4-5-9-13)18-11-14-10-15(21-20-14)12-6-2-1-3-7-12;/h1-3,6-7,10,13H,4-5,8-9,11H2,(H3,17,18,19);1H. The van der Waals surface area contributed by atoms with Crippen molar-refractivity contribution >= 4 is 29.9 Å². The third-order valence-electron chi connectivity index (χ3n) is 3.74. The molecule has 1 saturated carbocycles. The summed E-state index contributed by atoms with van der Waals surface area (Å²) in [5.74, 6) is 1.24. The molecular formula is C16H21IN4O. The number of rotatable bonds is 4. The van der Waals surface area contributed by atoms with Gasteiger partial charge in [-0.05, 0) is 12.8 Å². The Morgan fingerprint density at radius 1 is 1.27 bits per heavy atom. The molecule has 1 aliphatic carbocycles. The largest absolute Gasteiger partial charge is 0.370 e. The number of aliphatic imine (C=N–C) groups is 1. The van der Waals surface area contributed by atoms with E-state index in [0.717, 1.165) is 17.0 Å².